The topological polar surface area (TPSA) is 60.9 Å². The van der Waals surface area contributed by atoms with Gasteiger partial charge in [-0.25, -0.2) is 4.98 Å². The van der Waals surface area contributed by atoms with E-state index in [0.717, 1.165) is 18.5 Å². The van der Waals surface area contributed by atoms with E-state index in [1.54, 1.807) is 6.20 Å². The number of carbonyl (C=O) groups excluding carboxylic acids is 1. The molecular formula is C15H19N3O. The molecule has 1 heterocycles. The van der Waals surface area contributed by atoms with Gasteiger partial charge in [-0.05, 0) is 18.4 Å². The number of ketones is 1. The number of nitrogens with zero attached hydrogens (tertiary/aromatic N) is 2. The number of aromatic nitrogens is 2. The van der Waals surface area contributed by atoms with Gasteiger partial charge in [-0.15, -0.1) is 0 Å². The number of hydrogen-bond donors (Lipinski definition) is 1. The molecule has 1 aromatic heterocycles. The van der Waals surface area contributed by atoms with Crippen LogP contribution in [0.4, 0.5) is 0 Å². The number of nitrogens with two attached hydrogens (primary N) is 1. The summed E-state index contributed by atoms with van der Waals surface area (Å²) in [5, 5.41) is 0. The molecule has 2 aromatic rings. The Hall–Kier alpha value is -1.94. The first-order chi connectivity index (χ1) is 9.22. The van der Waals surface area contributed by atoms with Crippen molar-refractivity contribution in [2.45, 2.75) is 32.4 Å². The largest absolute Gasteiger partial charge is 0.328 e. The first kappa shape index (κ1) is 13.5. The van der Waals surface area contributed by atoms with E-state index in [2.05, 4.69) is 11.9 Å². The molecule has 100 valence electrons. The Kier molecular flexibility index (Phi) is 4.47. The predicted molar refractivity (Wildman–Crippen MR) is 75.0 cm³/mol. The molecular weight excluding hydrogens is 238 g/mol. The Bertz CT molecular complexity index is 533. The highest BCUT2D eigenvalue weighted by Crippen LogP contribution is 2.07. The Morgan fingerprint density at radius 1 is 1.37 bits per heavy atom. The molecule has 4 nitrogen and oxygen atoms in total. The van der Waals surface area contributed by atoms with Gasteiger partial charge in [0.1, 0.15) is 0 Å². The average Bonchev–Trinajstić information content (AvgIpc) is 2.87. The first-order valence-electron chi connectivity index (χ1n) is 6.57. The fraction of sp³-hybridized carbons (Fsp3) is 0.333. The van der Waals surface area contributed by atoms with Crippen LogP contribution in [0.2, 0.25) is 0 Å². The van der Waals surface area contributed by atoms with E-state index in [9.17, 15) is 4.79 Å². The molecule has 0 spiro atoms. The molecule has 0 aliphatic heterocycles. The molecule has 0 radical (unpaired) electrons. The molecule has 0 aliphatic carbocycles. The second-order valence-electron chi connectivity index (χ2n) is 4.60. The van der Waals surface area contributed by atoms with Crippen molar-refractivity contribution in [2.75, 3.05) is 0 Å². The van der Waals surface area contributed by atoms with Crippen molar-refractivity contribution >= 4 is 5.78 Å². The zero-order valence-electron chi connectivity index (χ0n) is 11.1. The SMILES string of the molecule is CCCn1ccnc1C(=O)C(N)Cc1ccccc1. The molecule has 0 fully saturated rings. The van der Waals surface area contributed by atoms with E-state index in [0.29, 0.717) is 12.2 Å². The van der Waals surface area contributed by atoms with Crippen molar-refractivity contribution in [3.8, 4) is 0 Å². The number of benzene rings is 1. The van der Waals surface area contributed by atoms with Crippen LogP contribution in [0.5, 0.6) is 0 Å². The molecule has 1 aromatic carbocycles. The molecule has 1 atom stereocenters. The maximum atomic E-state index is 12.3. The van der Waals surface area contributed by atoms with Gasteiger partial charge in [0.15, 0.2) is 5.82 Å². The van der Waals surface area contributed by atoms with Crippen molar-refractivity contribution < 1.29 is 4.79 Å². The normalized spacial score (nSPS) is 12.3. The molecule has 1 unspecified atom stereocenters. The molecule has 0 saturated carbocycles. The van der Waals surface area contributed by atoms with Gasteiger partial charge < -0.3 is 10.3 Å². The Labute approximate surface area is 113 Å². The minimum atomic E-state index is -0.541. The zero-order chi connectivity index (χ0) is 13.7. The van der Waals surface area contributed by atoms with Crippen molar-refractivity contribution in [1.82, 2.24) is 9.55 Å². The fourth-order valence-electron chi connectivity index (χ4n) is 2.08. The highest BCUT2D eigenvalue weighted by Gasteiger charge is 2.20. The Morgan fingerprint density at radius 3 is 2.79 bits per heavy atom. The minimum absolute atomic E-state index is 0.0951. The number of Topliss-reactive ketones (excluding diaryl/α,β-unsaturated/α-hetero) is 1. The minimum Gasteiger partial charge on any atom is -0.328 e. The number of imidazole rings is 1. The van der Waals surface area contributed by atoms with E-state index >= 15 is 0 Å². The van der Waals surface area contributed by atoms with Crippen molar-refractivity contribution in [3.63, 3.8) is 0 Å². The van der Waals surface area contributed by atoms with Crippen LogP contribution in [0, 0.1) is 0 Å². The third-order valence-corrected chi connectivity index (χ3v) is 3.04. The summed E-state index contributed by atoms with van der Waals surface area (Å²) in [6.45, 7) is 2.86. The van der Waals surface area contributed by atoms with Crippen LogP contribution in [-0.4, -0.2) is 21.4 Å². The standard InChI is InChI=1S/C15H19N3O/c1-2-9-18-10-8-17-15(18)14(19)13(16)11-12-6-4-3-5-7-12/h3-8,10,13H,2,9,11,16H2,1H3. The van der Waals surface area contributed by atoms with Crippen LogP contribution in [0.3, 0.4) is 0 Å². The lowest BCUT2D eigenvalue weighted by molar-refractivity contribution is 0.0946. The van der Waals surface area contributed by atoms with Crippen LogP contribution < -0.4 is 5.73 Å². The predicted octanol–water partition coefficient (Wildman–Crippen LogP) is 2.05. The molecule has 0 bridgehead atoms. The molecule has 0 saturated heterocycles. The highest BCUT2D eigenvalue weighted by atomic mass is 16.1. The maximum absolute atomic E-state index is 12.3. The monoisotopic (exact) mass is 257 g/mol. The summed E-state index contributed by atoms with van der Waals surface area (Å²) in [4.78, 5) is 16.4. The fourth-order valence-corrected chi connectivity index (χ4v) is 2.08. The van der Waals surface area contributed by atoms with Gasteiger partial charge in [0, 0.05) is 18.9 Å². The Morgan fingerprint density at radius 2 is 2.11 bits per heavy atom. The molecule has 2 rings (SSSR count). The van der Waals surface area contributed by atoms with Gasteiger partial charge in [-0.2, -0.15) is 0 Å². The molecule has 2 N–H and O–H groups in total. The number of aryl methyl sites for hydroxylation is 1. The van der Waals surface area contributed by atoms with Crippen molar-refractivity contribution in [3.05, 3.63) is 54.1 Å². The van der Waals surface area contributed by atoms with Crippen LogP contribution in [0.1, 0.15) is 29.5 Å². The van der Waals surface area contributed by atoms with Crippen molar-refractivity contribution in [2.24, 2.45) is 5.73 Å². The van der Waals surface area contributed by atoms with E-state index in [4.69, 9.17) is 5.73 Å². The van der Waals surface area contributed by atoms with E-state index in [1.807, 2.05) is 41.1 Å². The van der Waals surface area contributed by atoms with Gasteiger partial charge in [-0.1, -0.05) is 37.3 Å². The van der Waals surface area contributed by atoms with Crippen molar-refractivity contribution in [1.29, 1.82) is 0 Å². The molecule has 0 amide bonds. The Balaban J connectivity index is 2.08. The lowest BCUT2D eigenvalue weighted by Gasteiger charge is -2.11. The first-order valence-corrected chi connectivity index (χ1v) is 6.57. The smallest absolute Gasteiger partial charge is 0.215 e. The second-order valence-corrected chi connectivity index (χ2v) is 4.60. The summed E-state index contributed by atoms with van der Waals surface area (Å²) in [5.41, 5.74) is 7.07. The summed E-state index contributed by atoms with van der Waals surface area (Å²) in [7, 11) is 0. The third kappa shape index (κ3) is 3.29. The maximum Gasteiger partial charge on any atom is 0.215 e. The second kappa shape index (κ2) is 6.29. The molecule has 19 heavy (non-hydrogen) atoms. The van der Waals surface area contributed by atoms with Gasteiger partial charge in [0.2, 0.25) is 5.78 Å². The highest BCUT2D eigenvalue weighted by molar-refractivity contribution is 5.97. The molecule has 4 heteroatoms. The summed E-state index contributed by atoms with van der Waals surface area (Å²) < 4.78 is 1.87. The van der Waals surface area contributed by atoms with Gasteiger partial charge in [-0.3, -0.25) is 4.79 Å². The van der Waals surface area contributed by atoms with Gasteiger partial charge in [0.25, 0.3) is 0 Å². The lowest BCUT2D eigenvalue weighted by atomic mass is 10.0. The van der Waals surface area contributed by atoms with Crippen LogP contribution in [0.25, 0.3) is 0 Å². The van der Waals surface area contributed by atoms with E-state index in [-0.39, 0.29) is 5.78 Å². The van der Waals surface area contributed by atoms with Crippen LogP contribution in [-0.2, 0) is 13.0 Å². The quantitative estimate of drug-likeness (QED) is 0.806. The zero-order valence-corrected chi connectivity index (χ0v) is 11.1. The van der Waals surface area contributed by atoms with Crippen LogP contribution >= 0.6 is 0 Å². The van der Waals surface area contributed by atoms with Gasteiger partial charge >= 0.3 is 0 Å². The van der Waals surface area contributed by atoms with E-state index in [1.165, 1.54) is 0 Å². The summed E-state index contributed by atoms with van der Waals surface area (Å²) in [6.07, 6.45) is 4.98. The summed E-state index contributed by atoms with van der Waals surface area (Å²) in [5.74, 6) is 0.368. The number of carbonyl (C=O) groups is 1. The third-order valence-electron chi connectivity index (χ3n) is 3.04. The summed E-state index contributed by atoms with van der Waals surface area (Å²) in [6, 6.07) is 9.26. The van der Waals surface area contributed by atoms with Crippen LogP contribution in [0.15, 0.2) is 42.7 Å². The number of rotatable bonds is 6. The lowest BCUT2D eigenvalue weighted by Crippen LogP contribution is -2.34. The number of hydrogen-bond acceptors (Lipinski definition) is 3. The molecule has 0 aliphatic rings. The van der Waals surface area contributed by atoms with Gasteiger partial charge in [0.05, 0.1) is 6.04 Å². The van der Waals surface area contributed by atoms with E-state index < -0.39 is 6.04 Å². The summed E-state index contributed by atoms with van der Waals surface area (Å²) >= 11 is 0. The average molecular weight is 257 g/mol.